The molecule has 3 heterocycles. The molecule has 0 aliphatic rings. The van der Waals surface area contributed by atoms with Gasteiger partial charge in [-0.05, 0) is 48.9 Å². The van der Waals surface area contributed by atoms with Crippen LogP contribution in [0.4, 0.5) is 24.8 Å². The van der Waals surface area contributed by atoms with E-state index >= 15 is 4.39 Å². The first kappa shape index (κ1) is 25.3. The second-order valence-corrected chi connectivity index (χ2v) is 10.7. The molecule has 8 nitrogen and oxygen atoms in total. The lowest BCUT2D eigenvalue weighted by Gasteiger charge is -2.12. The monoisotopic (exact) mass is 554 g/mol. The van der Waals surface area contributed by atoms with Crippen molar-refractivity contribution in [2.75, 3.05) is 10.5 Å². The number of benzene rings is 2. The van der Waals surface area contributed by atoms with Crippen molar-refractivity contribution in [3.05, 3.63) is 90.1 Å². The summed E-state index contributed by atoms with van der Waals surface area (Å²) < 4.78 is 71.7. The molecule has 0 unspecified atom stereocenters. The largest absolute Gasteiger partial charge is 0.368 e. The maximum Gasteiger partial charge on any atom is 0.267 e. The highest BCUT2D eigenvalue weighted by Gasteiger charge is 2.27. The number of nitrogens with one attached hydrogen (secondary N) is 1. The number of thiazole rings is 1. The highest BCUT2D eigenvalue weighted by Crippen LogP contribution is 2.42. The minimum atomic E-state index is -4.81. The normalized spacial score (nSPS) is 11.5. The van der Waals surface area contributed by atoms with E-state index in [0.29, 0.717) is 21.1 Å². The molecule has 38 heavy (non-hydrogen) atoms. The molecule has 0 aliphatic carbocycles. The van der Waals surface area contributed by atoms with E-state index in [2.05, 4.69) is 19.9 Å². The number of nitrogen functional groups attached to an aromatic ring is 1. The fourth-order valence-electron chi connectivity index (χ4n) is 3.70. The van der Waals surface area contributed by atoms with Crippen molar-refractivity contribution in [2.24, 2.45) is 0 Å². The van der Waals surface area contributed by atoms with Crippen LogP contribution in [0.25, 0.3) is 32.4 Å². The van der Waals surface area contributed by atoms with Crippen LogP contribution in [0.1, 0.15) is 5.56 Å². The number of anilines is 2. The summed E-state index contributed by atoms with van der Waals surface area (Å²) in [6, 6.07) is 9.97. The Morgan fingerprint density at radius 1 is 0.974 bits per heavy atom. The van der Waals surface area contributed by atoms with Gasteiger partial charge in [-0.3, -0.25) is 9.71 Å². The molecule has 5 aromatic rings. The first-order chi connectivity index (χ1) is 18.1. The van der Waals surface area contributed by atoms with E-state index < -0.39 is 38.1 Å². The molecule has 2 aromatic carbocycles. The Labute approximate surface area is 219 Å². The van der Waals surface area contributed by atoms with Gasteiger partial charge in [-0.2, -0.15) is 0 Å². The van der Waals surface area contributed by atoms with Gasteiger partial charge in [0.25, 0.3) is 10.0 Å². The van der Waals surface area contributed by atoms with Crippen LogP contribution >= 0.6 is 11.3 Å². The quantitative estimate of drug-likeness (QED) is 0.287. The molecule has 3 aromatic heterocycles. The summed E-state index contributed by atoms with van der Waals surface area (Å²) >= 11 is 1.20. The summed E-state index contributed by atoms with van der Waals surface area (Å²) in [5.74, 6) is -3.63. The first-order valence-corrected chi connectivity index (χ1v) is 13.2. The highest BCUT2D eigenvalue weighted by molar-refractivity contribution is 7.92. The van der Waals surface area contributed by atoms with E-state index in [1.807, 2.05) is 17.7 Å². The van der Waals surface area contributed by atoms with Gasteiger partial charge in [0.15, 0.2) is 10.7 Å². The average Bonchev–Trinajstić information content (AvgIpc) is 3.30. The molecule has 13 heteroatoms. The molecule has 0 amide bonds. The molecular weight excluding hydrogens is 537 g/mol. The zero-order valence-electron chi connectivity index (χ0n) is 19.5. The maximum atomic E-state index is 15.8. The summed E-state index contributed by atoms with van der Waals surface area (Å²) in [5, 5.41) is 0.502. The zero-order chi connectivity index (χ0) is 27.0. The lowest BCUT2D eigenvalue weighted by Crippen LogP contribution is -2.17. The van der Waals surface area contributed by atoms with Crippen LogP contribution < -0.4 is 10.5 Å². The van der Waals surface area contributed by atoms with Crippen LogP contribution in [0.3, 0.4) is 0 Å². The van der Waals surface area contributed by atoms with E-state index in [9.17, 15) is 17.2 Å². The van der Waals surface area contributed by atoms with Crippen molar-refractivity contribution >= 4 is 33.0 Å². The molecule has 0 fully saturated rings. The SMILES string of the molecule is Cc1cncc(-c2nc(-c3cccc(NS(=O)(=O)c4c(F)cccc4F)c3F)c(-c3ccnc(N)n3)s2)c1. The van der Waals surface area contributed by atoms with Gasteiger partial charge in [0, 0.05) is 29.7 Å². The number of halogens is 3. The van der Waals surface area contributed by atoms with Crippen molar-refractivity contribution in [3.8, 4) is 32.4 Å². The third kappa shape index (κ3) is 4.80. The van der Waals surface area contributed by atoms with Crippen molar-refractivity contribution in [2.45, 2.75) is 11.8 Å². The maximum absolute atomic E-state index is 15.8. The van der Waals surface area contributed by atoms with Crippen molar-refractivity contribution in [1.82, 2.24) is 19.9 Å². The summed E-state index contributed by atoms with van der Waals surface area (Å²) in [6.07, 6.45) is 4.73. The fraction of sp³-hybridized carbons (Fsp3) is 0.0400. The second kappa shape index (κ2) is 9.84. The van der Waals surface area contributed by atoms with Gasteiger partial charge < -0.3 is 5.73 Å². The van der Waals surface area contributed by atoms with E-state index in [1.165, 1.54) is 29.7 Å². The third-order valence-electron chi connectivity index (χ3n) is 5.34. The van der Waals surface area contributed by atoms with E-state index in [1.54, 1.807) is 18.5 Å². The molecule has 192 valence electrons. The molecule has 0 spiro atoms. The number of nitrogens with zero attached hydrogens (tertiary/aromatic N) is 4. The Morgan fingerprint density at radius 3 is 2.42 bits per heavy atom. The number of rotatable bonds is 6. The van der Waals surface area contributed by atoms with Gasteiger partial charge in [0.2, 0.25) is 5.95 Å². The minimum absolute atomic E-state index is 0.00507. The Balaban J connectivity index is 1.65. The van der Waals surface area contributed by atoms with E-state index in [4.69, 9.17) is 5.73 Å². The van der Waals surface area contributed by atoms with Gasteiger partial charge in [-0.1, -0.05) is 12.1 Å². The van der Waals surface area contributed by atoms with Crippen LogP contribution in [-0.4, -0.2) is 28.4 Å². The van der Waals surface area contributed by atoms with Crippen molar-refractivity contribution in [1.29, 1.82) is 0 Å². The molecule has 0 atom stereocenters. The number of pyridine rings is 1. The fourth-order valence-corrected chi connectivity index (χ4v) is 5.93. The number of nitrogens with two attached hydrogens (primary N) is 1. The standard InChI is InChI=1S/C25H17F3N6O2S2/c1-13-10-14(12-30-11-13)24-33-21(22(37-24)19-8-9-31-25(29)32-19)15-4-2-7-18(20(15)28)34-38(35,36)23-16(26)5-3-6-17(23)27/h2-12,34H,1H3,(H2,29,31,32). The van der Waals surface area contributed by atoms with Crippen LogP contribution in [-0.2, 0) is 10.0 Å². The number of aryl methyl sites for hydroxylation is 1. The predicted molar refractivity (Wildman–Crippen MR) is 138 cm³/mol. The number of hydrogen-bond acceptors (Lipinski definition) is 8. The molecule has 0 saturated heterocycles. The van der Waals surface area contributed by atoms with Gasteiger partial charge in [0.05, 0.1) is 22.0 Å². The molecule has 5 rings (SSSR count). The number of hydrogen-bond donors (Lipinski definition) is 2. The molecular formula is C25H17F3N6O2S2. The first-order valence-electron chi connectivity index (χ1n) is 10.9. The van der Waals surface area contributed by atoms with Crippen LogP contribution in [0, 0.1) is 24.4 Å². The third-order valence-corrected chi connectivity index (χ3v) is 7.88. The van der Waals surface area contributed by atoms with Gasteiger partial charge in [-0.15, -0.1) is 11.3 Å². The van der Waals surface area contributed by atoms with Gasteiger partial charge in [0.1, 0.15) is 16.6 Å². The molecule has 0 radical (unpaired) electrons. The zero-order valence-corrected chi connectivity index (χ0v) is 21.1. The summed E-state index contributed by atoms with van der Waals surface area (Å²) in [6.45, 7) is 1.87. The Morgan fingerprint density at radius 2 is 1.71 bits per heavy atom. The summed E-state index contributed by atoms with van der Waals surface area (Å²) in [5.41, 5.74) is 7.25. The molecule has 3 N–H and O–H groups in total. The van der Waals surface area contributed by atoms with Crippen LogP contribution in [0.2, 0.25) is 0 Å². The lowest BCUT2D eigenvalue weighted by atomic mass is 10.1. The van der Waals surface area contributed by atoms with E-state index in [-0.39, 0.29) is 17.2 Å². The number of aromatic nitrogens is 4. The lowest BCUT2D eigenvalue weighted by molar-refractivity contribution is 0.521. The van der Waals surface area contributed by atoms with Crippen molar-refractivity contribution < 1.29 is 21.6 Å². The Hall–Kier alpha value is -4.36. The molecule has 0 aliphatic heterocycles. The van der Waals surface area contributed by atoms with Crippen LogP contribution in [0.15, 0.2) is 72.0 Å². The minimum Gasteiger partial charge on any atom is -0.368 e. The topological polar surface area (TPSA) is 124 Å². The Bertz CT molecular complexity index is 1770. The second-order valence-electron chi connectivity index (χ2n) is 8.07. The highest BCUT2D eigenvalue weighted by atomic mass is 32.2. The van der Waals surface area contributed by atoms with Crippen LogP contribution in [0.5, 0.6) is 0 Å². The number of sulfonamides is 1. The van der Waals surface area contributed by atoms with Gasteiger partial charge >= 0.3 is 0 Å². The van der Waals surface area contributed by atoms with E-state index in [0.717, 1.165) is 29.8 Å². The van der Waals surface area contributed by atoms with Crippen molar-refractivity contribution in [3.63, 3.8) is 0 Å². The summed E-state index contributed by atoms with van der Waals surface area (Å²) in [7, 11) is -4.81. The average molecular weight is 555 g/mol. The smallest absolute Gasteiger partial charge is 0.267 e. The Kier molecular flexibility index (Phi) is 6.55. The van der Waals surface area contributed by atoms with Gasteiger partial charge in [-0.25, -0.2) is 36.5 Å². The molecule has 0 bridgehead atoms. The summed E-state index contributed by atoms with van der Waals surface area (Å²) in [4.78, 5) is 16.1. The predicted octanol–water partition coefficient (Wildman–Crippen LogP) is 5.44. The molecule has 0 saturated carbocycles.